The Balaban J connectivity index is 1.54. The molecule has 154 valence electrons. The van der Waals surface area contributed by atoms with E-state index in [-0.39, 0.29) is 12.1 Å². The molecule has 0 fully saturated rings. The molecule has 0 aliphatic rings. The van der Waals surface area contributed by atoms with Crippen LogP contribution in [0.15, 0.2) is 66.7 Å². The number of amides is 4. The summed E-state index contributed by atoms with van der Waals surface area (Å²) in [6.07, 6.45) is 0.759. The second-order valence-corrected chi connectivity index (χ2v) is 7.15. The second-order valence-electron chi connectivity index (χ2n) is 7.15. The third-order valence-electron chi connectivity index (χ3n) is 4.82. The molecule has 0 unspecified atom stereocenters. The molecular formula is C24H26N4O2. The first kappa shape index (κ1) is 20.9. The molecule has 4 N–H and O–H groups in total. The Morgan fingerprint density at radius 1 is 0.633 bits per heavy atom. The van der Waals surface area contributed by atoms with Crippen LogP contribution in [0.2, 0.25) is 0 Å². The zero-order chi connectivity index (χ0) is 21.5. The minimum atomic E-state index is -0.273. The van der Waals surface area contributed by atoms with Gasteiger partial charge in [0.1, 0.15) is 0 Å². The number of hydrogen-bond donors (Lipinski definition) is 4. The van der Waals surface area contributed by atoms with Crippen molar-refractivity contribution in [2.75, 3.05) is 23.0 Å². The molecule has 0 aliphatic carbocycles. The number of carbonyl (C=O) groups excluding carboxylic acids is 2. The lowest BCUT2D eigenvalue weighted by Gasteiger charge is -2.10. The zero-order valence-electron chi connectivity index (χ0n) is 17.4. The highest BCUT2D eigenvalue weighted by Crippen LogP contribution is 2.17. The summed E-state index contributed by atoms with van der Waals surface area (Å²) in [5, 5.41) is 11.0. The Bertz CT molecular complexity index is 1030. The summed E-state index contributed by atoms with van der Waals surface area (Å²) >= 11 is 0. The van der Waals surface area contributed by atoms with Crippen LogP contribution in [0.4, 0.5) is 26.7 Å². The second kappa shape index (κ2) is 9.60. The van der Waals surface area contributed by atoms with Crippen LogP contribution in [0.3, 0.4) is 0 Å². The van der Waals surface area contributed by atoms with Gasteiger partial charge in [0, 0.05) is 24.1 Å². The maximum atomic E-state index is 12.2. The topological polar surface area (TPSA) is 82.3 Å². The minimum absolute atomic E-state index is 0.243. The maximum Gasteiger partial charge on any atom is 0.323 e. The number of aryl methyl sites for hydroxylation is 2. The van der Waals surface area contributed by atoms with Gasteiger partial charge in [-0.15, -0.1) is 0 Å². The third kappa shape index (κ3) is 5.85. The van der Waals surface area contributed by atoms with Gasteiger partial charge in [-0.05, 0) is 78.9 Å². The SMILES string of the molecule is CNC(=O)Nc1ccc(Cc2ccc(NC(=O)Nc3ccc(C)c(C)c3)cc2)cc1. The predicted octanol–water partition coefficient (Wildman–Crippen LogP) is 5.29. The van der Waals surface area contributed by atoms with Gasteiger partial charge in [-0.25, -0.2) is 9.59 Å². The molecule has 3 aromatic rings. The molecule has 0 saturated carbocycles. The first-order chi connectivity index (χ1) is 14.4. The highest BCUT2D eigenvalue weighted by atomic mass is 16.2. The van der Waals surface area contributed by atoms with Gasteiger partial charge in [-0.3, -0.25) is 0 Å². The monoisotopic (exact) mass is 402 g/mol. The van der Waals surface area contributed by atoms with E-state index in [1.165, 1.54) is 5.56 Å². The summed E-state index contributed by atoms with van der Waals surface area (Å²) in [6, 6.07) is 20.8. The Hall–Kier alpha value is -3.80. The van der Waals surface area contributed by atoms with Crippen LogP contribution in [0.25, 0.3) is 0 Å². The van der Waals surface area contributed by atoms with Gasteiger partial charge in [-0.1, -0.05) is 30.3 Å². The van der Waals surface area contributed by atoms with Gasteiger partial charge in [0.05, 0.1) is 0 Å². The van der Waals surface area contributed by atoms with E-state index < -0.39 is 0 Å². The average molecular weight is 402 g/mol. The van der Waals surface area contributed by atoms with Gasteiger partial charge < -0.3 is 21.3 Å². The Morgan fingerprint density at radius 2 is 1.10 bits per heavy atom. The van der Waals surface area contributed by atoms with Gasteiger partial charge in [-0.2, -0.15) is 0 Å². The van der Waals surface area contributed by atoms with Crippen molar-refractivity contribution in [2.24, 2.45) is 0 Å². The quantitative estimate of drug-likeness (QED) is 0.468. The summed E-state index contributed by atoms with van der Waals surface area (Å²) in [6.45, 7) is 4.06. The summed E-state index contributed by atoms with van der Waals surface area (Å²) in [7, 11) is 1.58. The van der Waals surface area contributed by atoms with Crippen LogP contribution in [-0.2, 0) is 6.42 Å². The number of urea groups is 2. The van der Waals surface area contributed by atoms with Crippen LogP contribution in [0, 0.1) is 13.8 Å². The van der Waals surface area contributed by atoms with Crippen molar-refractivity contribution < 1.29 is 9.59 Å². The normalized spacial score (nSPS) is 10.2. The van der Waals surface area contributed by atoms with E-state index in [9.17, 15) is 9.59 Å². The van der Waals surface area contributed by atoms with E-state index in [1.807, 2.05) is 80.6 Å². The third-order valence-corrected chi connectivity index (χ3v) is 4.82. The van der Waals surface area contributed by atoms with Crippen molar-refractivity contribution in [1.29, 1.82) is 0 Å². The summed E-state index contributed by atoms with van der Waals surface area (Å²) in [5.41, 5.74) is 6.82. The highest BCUT2D eigenvalue weighted by Gasteiger charge is 2.05. The largest absolute Gasteiger partial charge is 0.341 e. The van der Waals surface area contributed by atoms with Crippen molar-refractivity contribution in [1.82, 2.24) is 5.32 Å². The molecule has 4 amide bonds. The number of anilines is 3. The lowest BCUT2D eigenvalue weighted by molar-refractivity contribution is 0.254. The van der Waals surface area contributed by atoms with Crippen molar-refractivity contribution in [3.8, 4) is 0 Å². The Labute approximate surface area is 176 Å². The van der Waals surface area contributed by atoms with Gasteiger partial charge in [0.15, 0.2) is 0 Å². The molecule has 3 rings (SSSR count). The zero-order valence-corrected chi connectivity index (χ0v) is 17.4. The number of benzene rings is 3. The maximum absolute atomic E-state index is 12.2. The summed E-state index contributed by atoms with van der Waals surface area (Å²) < 4.78 is 0. The van der Waals surface area contributed by atoms with Gasteiger partial charge >= 0.3 is 12.1 Å². The lowest BCUT2D eigenvalue weighted by atomic mass is 10.0. The van der Waals surface area contributed by atoms with Crippen molar-refractivity contribution in [2.45, 2.75) is 20.3 Å². The molecule has 0 aliphatic heterocycles. The molecule has 0 saturated heterocycles. The first-order valence-corrected chi connectivity index (χ1v) is 9.75. The first-order valence-electron chi connectivity index (χ1n) is 9.75. The van der Waals surface area contributed by atoms with Crippen molar-refractivity contribution in [3.63, 3.8) is 0 Å². The Morgan fingerprint density at radius 3 is 1.60 bits per heavy atom. The fourth-order valence-corrected chi connectivity index (χ4v) is 2.95. The Kier molecular flexibility index (Phi) is 6.70. The predicted molar refractivity (Wildman–Crippen MR) is 122 cm³/mol. The molecule has 0 spiro atoms. The van der Waals surface area contributed by atoms with E-state index in [0.717, 1.165) is 40.2 Å². The number of nitrogens with one attached hydrogen (secondary N) is 4. The van der Waals surface area contributed by atoms with E-state index in [4.69, 9.17) is 0 Å². The van der Waals surface area contributed by atoms with Crippen LogP contribution in [0.5, 0.6) is 0 Å². The average Bonchev–Trinajstić information content (AvgIpc) is 2.73. The van der Waals surface area contributed by atoms with Crippen LogP contribution in [-0.4, -0.2) is 19.1 Å². The van der Waals surface area contributed by atoms with Gasteiger partial charge in [0.2, 0.25) is 0 Å². The minimum Gasteiger partial charge on any atom is -0.341 e. The molecular weight excluding hydrogens is 376 g/mol. The molecule has 6 nitrogen and oxygen atoms in total. The van der Waals surface area contributed by atoms with Crippen LogP contribution < -0.4 is 21.3 Å². The summed E-state index contributed by atoms with van der Waals surface area (Å²) in [4.78, 5) is 23.6. The standard InChI is InChI=1S/C24H26N4O2/c1-16-4-9-22(14-17(16)2)28-24(30)27-21-12-7-19(8-13-21)15-18-5-10-20(11-6-18)26-23(29)25-3/h4-14H,15H2,1-3H3,(H2,25,26,29)(H2,27,28,30). The fourth-order valence-electron chi connectivity index (χ4n) is 2.95. The molecule has 0 heterocycles. The van der Waals surface area contributed by atoms with E-state index in [0.29, 0.717) is 0 Å². The number of hydrogen-bond acceptors (Lipinski definition) is 2. The smallest absolute Gasteiger partial charge is 0.323 e. The molecule has 0 radical (unpaired) electrons. The molecule has 0 bridgehead atoms. The van der Waals surface area contributed by atoms with E-state index in [1.54, 1.807) is 7.05 Å². The number of carbonyl (C=O) groups is 2. The highest BCUT2D eigenvalue weighted by molar-refractivity contribution is 5.99. The molecule has 0 atom stereocenters. The lowest BCUT2D eigenvalue weighted by Crippen LogP contribution is -2.24. The van der Waals surface area contributed by atoms with E-state index in [2.05, 4.69) is 21.3 Å². The van der Waals surface area contributed by atoms with E-state index >= 15 is 0 Å². The molecule has 6 heteroatoms. The van der Waals surface area contributed by atoms with Gasteiger partial charge in [0.25, 0.3) is 0 Å². The molecule has 30 heavy (non-hydrogen) atoms. The van der Waals surface area contributed by atoms with Crippen molar-refractivity contribution >= 4 is 29.1 Å². The van der Waals surface area contributed by atoms with Crippen molar-refractivity contribution in [3.05, 3.63) is 89.0 Å². The van der Waals surface area contributed by atoms with Crippen LogP contribution >= 0.6 is 0 Å². The molecule has 3 aromatic carbocycles. The molecule has 0 aromatic heterocycles. The summed E-state index contributed by atoms with van der Waals surface area (Å²) in [5.74, 6) is 0. The number of rotatable bonds is 5. The fraction of sp³-hybridized carbons (Fsp3) is 0.167. The van der Waals surface area contributed by atoms with Crippen LogP contribution in [0.1, 0.15) is 22.3 Å².